The zero-order chi connectivity index (χ0) is 28.9. The van der Waals surface area contributed by atoms with Crippen molar-refractivity contribution in [2.75, 3.05) is 26.2 Å². The molecule has 4 aliphatic rings. The van der Waals surface area contributed by atoms with E-state index in [1.165, 1.54) is 24.0 Å². The summed E-state index contributed by atoms with van der Waals surface area (Å²) in [6.45, 7) is 13.9. The van der Waals surface area contributed by atoms with Crippen molar-refractivity contribution < 1.29 is 9.53 Å². The molecule has 8 heteroatoms. The van der Waals surface area contributed by atoms with Gasteiger partial charge in [0.05, 0.1) is 27.0 Å². The summed E-state index contributed by atoms with van der Waals surface area (Å²) in [6, 6.07) is 13.1. The Hall–Kier alpha value is -2.90. The van der Waals surface area contributed by atoms with Gasteiger partial charge in [0.2, 0.25) is 0 Å². The monoisotopic (exact) mass is 574 g/mol. The van der Waals surface area contributed by atoms with Gasteiger partial charge in [-0.05, 0) is 109 Å². The third-order valence-corrected chi connectivity index (χ3v) is 10.2. The number of benzene rings is 2. The predicted octanol–water partition coefficient (Wildman–Crippen LogP) is 6.26. The normalized spacial score (nSPS) is 21.9. The molecule has 4 heterocycles. The molecule has 0 radical (unpaired) electrons. The standard InChI is InChI=1S/C33H39ClN4O3/c1-31(2,3)41-30(40)37-18-33(19-37)16-22(17-33)36-13-11-20(12-14-36)21-9-10-23-26(15-21)38-25-8-6-7-24(34)27(25)28(39)35-29(38)32(23,4)5/h6-10,15,20,22H,11-14,16-19H2,1-5H3. The molecule has 1 aliphatic carbocycles. The van der Waals surface area contributed by atoms with Gasteiger partial charge < -0.3 is 14.5 Å². The van der Waals surface area contributed by atoms with Gasteiger partial charge in [0.1, 0.15) is 11.4 Å². The molecule has 7 rings (SSSR count). The molecule has 3 aliphatic heterocycles. The van der Waals surface area contributed by atoms with E-state index in [-0.39, 0.29) is 17.1 Å². The smallest absolute Gasteiger partial charge is 0.410 e. The van der Waals surface area contributed by atoms with E-state index in [0.717, 1.165) is 56.0 Å². The number of rotatable bonds is 2. The average molecular weight is 575 g/mol. The lowest BCUT2D eigenvalue weighted by Crippen LogP contribution is -2.68. The molecule has 216 valence electrons. The Morgan fingerprint density at radius 3 is 2.46 bits per heavy atom. The van der Waals surface area contributed by atoms with Gasteiger partial charge in [0, 0.05) is 24.5 Å². The topological polar surface area (TPSA) is 67.7 Å². The predicted molar refractivity (Wildman–Crippen MR) is 161 cm³/mol. The number of fused-ring (bicyclic) bond motifs is 5. The van der Waals surface area contributed by atoms with Crippen molar-refractivity contribution in [3.8, 4) is 5.69 Å². The molecule has 3 aromatic rings. The van der Waals surface area contributed by atoms with Crippen molar-refractivity contribution in [1.82, 2.24) is 19.4 Å². The highest BCUT2D eigenvalue weighted by Gasteiger charge is 2.55. The van der Waals surface area contributed by atoms with Crippen LogP contribution in [-0.4, -0.2) is 63.3 Å². The number of hydrogen-bond donors (Lipinski definition) is 0. The summed E-state index contributed by atoms with van der Waals surface area (Å²) in [6.07, 6.45) is 4.46. The third kappa shape index (κ3) is 4.30. The highest BCUT2D eigenvalue weighted by Crippen LogP contribution is 2.51. The van der Waals surface area contributed by atoms with E-state index in [1.54, 1.807) is 6.07 Å². The number of hydrogen-bond acceptors (Lipinski definition) is 5. The number of ether oxygens (including phenoxy) is 1. The molecule has 1 amide bonds. The van der Waals surface area contributed by atoms with Crippen molar-refractivity contribution in [3.63, 3.8) is 0 Å². The van der Waals surface area contributed by atoms with Crippen molar-refractivity contribution in [2.45, 2.75) is 83.3 Å². The SMILES string of the molecule is CC(C)(C)OC(=O)N1CC2(CC(N3CCC(c4ccc5c(c4)-n4c(nc(=O)c6c(Cl)cccc64)C5(C)C)CC3)C2)C1. The fourth-order valence-corrected chi connectivity index (χ4v) is 8.05. The average Bonchev–Trinajstić information content (AvgIpc) is 3.08. The van der Waals surface area contributed by atoms with Crippen LogP contribution in [0.3, 0.4) is 0 Å². The molecule has 3 fully saturated rings. The Labute approximate surface area is 246 Å². The molecule has 0 atom stereocenters. The van der Waals surface area contributed by atoms with Crippen molar-refractivity contribution >= 4 is 28.6 Å². The molecule has 1 spiro atoms. The van der Waals surface area contributed by atoms with Gasteiger partial charge in [-0.15, -0.1) is 0 Å². The maximum Gasteiger partial charge on any atom is 0.410 e. The summed E-state index contributed by atoms with van der Waals surface area (Å²) in [5.41, 5.74) is 3.73. The molecule has 7 nitrogen and oxygen atoms in total. The first-order valence-corrected chi connectivity index (χ1v) is 15.3. The van der Waals surface area contributed by atoms with Crippen LogP contribution in [0.15, 0.2) is 41.2 Å². The lowest BCUT2D eigenvalue weighted by atomic mass is 9.60. The second kappa shape index (κ2) is 9.05. The van der Waals surface area contributed by atoms with Crippen LogP contribution < -0.4 is 5.56 Å². The van der Waals surface area contributed by atoms with Gasteiger partial charge in [0.25, 0.3) is 5.56 Å². The molecule has 2 aromatic carbocycles. The lowest BCUT2D eigenvalue weighted by molar-refractivity contribution is -0.110. The van der Waals surface area contributed by atoms with Crippen LogP contribution in [0.25, 0.3) is 16.6 Å². The minimum atomic E-state index is -0.442. The molecule has 1 saturated carbocycles. The van der Waals surface area contributed by atoms with E-state index in [9.17, 15) is 9.59 Å². The van der Waals surface area contributed by atoms with Crippen molar-refractivity contribution in [2.24, 2.45) is 5.41 Å². The second-order valence-electron chi connectivity index (χ2n) is 14.3. The van der Waals surface area contributed by atoms with Crippen LogP contribution in [-0.2, 0) is 10.2 Å². The Balaban J connectivity index is 1.04. The summed E-state index contributed by atoms with van der Waals surface area (Å²) in [5, 5.41) is 0.932. The van der Waals surface area contributed by atoms with Crippen LogP contribution in [0.5, 0.6) is 0 Å². The van der Waals surface area contributed by atoms with E-state index < -0.39 is 5.60 Å². The van der Waals surface area contributed by atoms with Gasteiger partial charge >= 0.3 is 6.09 Å². The molecular weight excluding hydrogens is 536 g/mol. The molecule has 0 bridgehead atoms. The van der Waals surface area contributed by atoms with Crippen LogP contribution in [0, 0.1) is 5.41 Å². The number of piperidine rings is 1. The number of carbonyl (C=O) groups is 1. The van der Waals surface area contributed by atoms with E-state index in [2.05, 4.69) is 46.5 Å². The Kier molecular flexibility index (Phi) is 5.95. The van der Waals surface area contributed by atoms with Gasteiger partial charge in [-0.1, -0.05) is 29.8 Å². The minimum Gasteiger partial charge on any atom is -0.444 e. The lowest BCUT2D eigenvalue weighted by Gasteiger charge is -2.61. The van der Waals surface area contributed by atoms with E-state index in [1.807, 2.05) is 37.8 Å². The van der Waals surface area contributed by atoms with Gasteiger partial charge in [-0.2, -0.15) is 4.98 Å². The molecule has 1 aromatic heterocycles. The quantitative estimate of drug-likeness (QED) is 0.361. The summed E-state index contributed by atoms with van der Waals surface area (Å²) >= 11 is 6.46. The van der Waals surface area contributed by atoms with Crippen LogP contribution >= 0.6 is 11.6 Å². The first-order chi connectivity index (χ1) is 19.4. The van der Waals surface area contributed by atoms with Gasteiger partial charge in [-0.25, -0.2) is 4.79 Å². The molecule has 0 unspecified atom stereocenters. The summed E-state index contributed by atoms with van der Waals surface area (Å²) in [4.78, 5) is 34.4. The summed E-state index contributed by atoms with van der Waals surface area (Å²) < 4.78 is 7.70. The third-order valence-electron chi connectivity index (χ3n) is 9.92. The maximum absolute atomic E-state index is 13.0. The van der Waals surface area contributed by atoms with E-state index >= 15 is 0 Å². The molecule has 2 saturated heterocycles. The van der Waals surface area contributed by atoms with Crippen LogP contribution in [0.4, 0.5) is 4.79 Å². The number of likely N-dealkylation sites (tertiary alicyclic amines) is 2. The van der Waals surface area contributed by atoms with Gasteiger partial charge in [0.15, 0.2) is 0 Å². The number of amides is 1. The van der Waals surface area contributed by atoms with Crippen LogP contribution in [0.1, 0.15) is 83.2 Å². The highest BCUT2D eigenvalue weighted by molar-refractivity contribution is 6.35. The first-order valence-electron chi connectivity index (χ1n) is 14.9. The molecular formula is C33H39ClN4O3. The summed E-state index contributed by atoms with van der Waals surface area (Å²) in [5.74, 6) is 1.28. The van der Waals surface area contributed by atoms with Crippen molar-refractivity contribution in [1.29, 1.82) is 0 Å². The number of carbonyl (C=O) groups excluding carboxylic acids is 1. The Morgan fingerprint density at radius 1 is 1.07 bits per heavy atom. The number of aromatic nitrogens is 2. The van der Waals surface area contributed by atoms with E-state index in [0.29, 0.717) is 27.8 Å². The number of nitrogens with zero attached hydrogens (tertiary/aromatic N) is 4. The van der Waals surface area contributed by atoms with Gasteiger partial charge in [-0.3, -0.25) is 9.36 Å². The fourth-order valence-electron chi connectivity index (χ4n) is 7.80. The molecule has 41 heavy (non-hydrogen) atoms. The first kappa shape index (κ1) is 27.0. The zero-order valence-corrected chi connectivity index (χ0v) is 25.4. The Bertz CT molecular complexity index is 1620. The largest absolute Gasteiger partial charge is 0.444 e. The number of halogens is 1. The van der Waals surface area contributed by atoms with Crippen molar-refractivity contribution in [3.05, 3.63) is 68.7 Å². The maximum atomic E-state index is 13.0. The minimum absolute atomic E-state index is 0.175. The summed E-state index contributed by atoms with van der Waals surface area (Å²) in [7, 11) is 0. The Morgan fingerprint density at radius 2 is 1.78 bits per heavy atom. The second-order valence-corrected chi connectivity index (χ2v) is 14.7. The molecule has 0 N–H and O–H groups in total. The fraction of sp³-hybridized carbons (Fsp3) is 0.545. The highest BCUT2D eigenvalue weighted by atomic mass is 35.5. The zero-order valence-electron chi connectivity index (χ0n) is 24.7. The van der Waals surface area contributed by atoms with E-state index in [4.69, 9.17) is 16.3 Å². The van der Waals surface area contributed by atoms with Crippen LogP contribution in [0.2, 0.25) is 5.02 Å².